The van der Waals surface area contributed by atoms with E-state index < -0.39 is 0 Å². The minimum Gasteiger partial charge on any atom is -0.354 e. The third-order valence-corrected chi connectivity index (χ3v) is 5.12. The topological polar surface area (TPSA) is 15.8 Å². The first-order valence-electron chi connectivity index (χ1n) is 8.48. The molecule has 116 valence electrons. The summed E-state index contributed by atoms with van der Waals surface area (Å²) in [5, 5.41) is 2.72. The molecule has 0 aliphatic carbocycles. The van der Waals surface area contributed by atoms with E-state index in [2.05, 4.69) is 70.9 Å². The van der Waals surface area contributed by atoms with Crippen molar-refractivity contribution in [1.82, 2.24) is 4.98 Å². The number of halogens is 1. The molecule has 2 aromatic carbocycles. The summed E-state index contributed by atoms with van der Waals surface area (Å²) in [6.07, 6.45) is 9.40. The van der Waals surface area contributed by atoms with Crippen LogP contribution in [-0.4, -0.2) is 4.98 Å². The van der Waals surface area contributed by atoms with Gasteiger partial charge in [0.15, 0.2) is 0 Å². The van der Waals surface area contributed by atoms with E-state index in [1.54, 1.807) is 0 Å². The minimum absolute atomic E-state index is 1.21. The Kier molecular flexibility index (Phi) is 5.40. The summed E-state index contributed by atoms with van der Waals surface area (Å²) in [4.78, 5) is 3.53. The first-order chi connectivity index (χ1) is 10.8. The number of H-pyrrole nitrogens is 1. The van der Waals surface area contributed by atoms with Crippen molar-refractivity contribution in [2.75, 3.05) is 0 Å². The predicted molar refractivity (Wildman–Crippen MR) is 106 cm³/mol. The molecule has 2 heteroatoms. The average Bonchev–Trinajstić information content (AvgIpc) is 2.87. The Morgan fingerprint density at radius 2 is 1.64 bits per heavy atom. The minimum atomic E-state index is 1.21. The lowest BCUT2D eigenvalue weighted by Gasteiger charge is -2.03. The summed E-state index contributed by atoms with van der Waals surface area (Å²) in [5.74, 6) is 0. The summed E-state index contributed by atoms with van der Waals surface area (Å²) in [6.45, 7) is 2.28. The largest absolute Gasteiger partial charge is 0.354 e. The zero-order valence-corrected chi connectivity index (χ0v) is 15.4. The third-order valence-electron chi connectivity index (χ3n) is 4.44. The van der Waals surface area contributed by atoms with Crippen molar-refractivity contribution in [3.63, 3.8) is 0 Å². The molecule has 0 aliphatic rings. The van der Waals surface area contributed by atoms with Crippen molar-refractivity contribution in [1.29, 1.82) is 0 Å². The fourth-order valence-corrected chi connectivity index (χ4v) is 3.68. The molecule has 3 rings (SSSR count). The van der Waals surface area contributed by atoms with Gasteiger partial charge in [-0.1, -0.05) is 51.2 Å². The van der Waals surface area contributed by atoms with Crippen molar-refractivity contribution >= 4 is 44.4 Å². The second kappa shape index (κ2) is 7.49. The van der Waals surface area contributed by atoms with Crippen LogP contribution in [0.4, 0.5) is 0 Å². The van der Waals surface area contributed by atoms with Gasteiger partial charge in [0.1, 0.15) is 0 Å². The lowest BCUT2D eigenvalue weighted by Crippen LogP contribution is -1.86. The lowest BCUT2D eigenvalue weighted by atomic mass is 10.0. The number of aryl methyl sites for hydroxylation is 1. The van der Waals surface area contributed by atoms with Gasteiger partial charge in [0.05, 0.1) is 0 Å². The number of aromatic amines is 1. The van der Waals surface area contributed by atoms with Gasteiger partial charge in [-0.3, -0.25) is 0 Å². The molecule has 1 heterocycles. The summed E-state index contributed by atoms with van der Waals surface area (Å²) >= 11 is 2.37. The normalized spacial score (nSPS) is 11.5. The van der Waals surface area contributed by atoms with Gasteiger partial charge >= 0.3 is 0 Å². The molecule has 1 nitrogen and oxygen atoms in total. The highest BCUT2D eigenvalue weighted by molar-refractivity contribution is 14.1. The summed E-state index contributed by atoms with van der Waals surface area (Å²) in [6, 6.07) is 13.6. The highest BCUT2D eigenvalue weighted by Crippen LogP contribution is 2.28. The maximum atomic E-state index is 3.53. The molecule has 0 bridgehead atoms. The molecule has 0 spiro atoms. The fraction of sp³-hybridized carbons (Fsp3) is 0.400. The molecule has 0 unspecified atom stereocenters. The maximum Gasteiger partial charge on any atom is 0.0475 e. The SMILES string of the molecule is CCCCCCCCc1ccc2[nH]c3cc(I)ccc3c2c1. The third kappa shape index (κ3) is 3.65. The monoisotopic (exact) mass is 405 g/mol. The number of hydrogen-bond acceptors (Lipinski definition) is 0. The van der Waals surface area contributed by atoms with Crippen LogP contribution in [0.25, 0.3) is 21.8 Å². The molecule has 3 aromatic rings. The number of hydrogen-bond donors (Lipinski definition) is 1. The van der Waals surface area contributed by atoms with Crippen LogP contribution in [0.2, 0.25) is 0 Å². The Morgan fingerprint density at radius 1 is 0.818 bits per heavy atom. The lowest BCUT2D eigenvalue weighted by molar-refractivity contribution is 0.607. The number of fused-ring (bicyclic) bond motifs is 3. The van der Waals surface area contributed by atoms with Crippen LogP contribution < -0.4 is 0 Å². The van der Waals surface area contributed by atoms with Crippen molar-refractivity contribution in [2.45, 2.75) is 51.9 Å². The van der Waals surface area contributed by atoms with Gasteiger partial charge in [-0.2, -0.15) is 0 Å². The van der Waals surface area contributed by atoms with Crippen LogP contribution in [0.15, 0.2) is 36.4 Å². The molecule has 0 saturated carbocycles. The standard InChI is InChI=1S/C20H24IN/c1-2-3-4-5-6-7-8-15-9-12-19-18(13-15)17-11-10-16(21)14-20(17)22-19/h9-14,22H,2-8H2,1H3. The Labute approximate surface area is 146 Å². The van der Waals surface area contributed by atoms with E-state index in [-0.39, 0.29) is 0 Å². The van der Waals surface area contributed by atoms with E-state index in [0.29, 0.717) is 0 Å². The molecular weight excluding hydrogens is 381 g/mol. The zero-order chi connectivity index (χ0) is 15.4. The smallest absolute Gasteiger partial charge is 0.0475 e. The Bertz CT molecular complexity index is 757. The van der Waals surface area contributed by atoms with Gasteiger partial charge in [0, 0.05) is 25.4 Å². The molecule has 1 N–H and O–H groups in total. The quantitative estimate of drug-likeness (QED) is 0.328. The molecule has 0 radical (unpaired) electrons. The predicted octanol–water partition coefficient (Wildman–Crippen LogP) is 6.83. The summed E-state index contributed by atoms with van der Waals surface area (Å²) < 4.78 is 1.28. The molecule has 0 aliphatic heterocycles. The maximum absolute atomic E-state index is 3.53. The van der Waals surface area contributed by atoms with Crippen molar-refractivity contribution in [3.8, 4) is 0 Å². The van der Waals surface area contributed by atoms with Crippen LogP contribution in [-0.2, 0) is 6.42 Å². The van der Waals surface area contributed by atoms with Crippen LogP contribution in [0.1, 0.15) is 51.0 Å². The van der Waals surface area contributed by atoms with E-state index in [1.807, 2.05) is 0 Å². The molecular formula is C20H24IN. The Hall–Kier alpha value is -1.03. The number of rotatable bonds is 7. The highest BCUT2D eigenvalue weighted by Gasteiger charge is 2.05. The molecule has 22 heavy (non-hydrogen) atoms. The van der Waals surface area contributed by atoms with E-state index in [9.17, 15) is 0 Å². The van der Waals surface area contributed by atoms with Gasteiger partial charge in [-0.25, -0.2) is 0 Å². The van der Waals surface area contributed by atoms with E-state index >= 15 is 0 Å². The highest BCUT2D eigenvalue weighted by atomic mass is 127. The molecule has 0 saturated heterocycles. The second-order valence-electron chi connectivity index (χ2n) is 6.21. The van der Waals surface area contributed by atoms with Crippen LogP contribution in [0, 0.1) is 3.57 Å². The zero-order valence-electron chi connectivity index (χ0n) is 13.3. The van der Waals surface area contributed by atoms with Gasteiger partial charge in [-0.05, 0) is 65.3 Å². The Balaban J connectivity index is 1.71. The summed E-state index contributed by atoms with van der Waals surface area (Å²) in [7, 11) is 0. The number of nitrogens with one attached hydrogen (secondary N) is 1. The van der Waals surface area contributed by atoms with E-state index in [1.165, 1.54) is 75.9 Å². The fourth-order valence-electron chi connectivity index (χ4n) is 3.19. The van der Waals surface area contributed by atoms with E-state index in [4.69, 9.17) is 0 Å². The molecule has 1 aromatic heterocycles. The molecule has 0 atom stereocenters. The van der Waals surface area contributed by atoms with Gasteiger partial charge in [0.25, 0.3) is 0 Å². The van der Waals surface area contributed by atoms with Crippen LogP contribution >= 0.6 is 22.6 Å². The second-order valence-corrected chi connectivity index (χ2v) is 7.46. The van der Waals surface area contributed by atoms with Gasteiger partial charge in [-0.15, -0.1) is 0 Å². The molecule has 0 fully saturated rings. The van der Waals surface area contributed by atoms with Crippen molar-refractivity contribution in [2.24, 2.45) is 0 Å². The van der Waals surface area contributed by atoms with Gasteiger partial charge in [0.2, 0.25) is 0 Å². The van der Waals surface area contributed by atoms with Crippen LogP contribution in [0.3, 0.4) is 0 Å². The average molecular weight is 405 g/mol. The Morgan fingerprint density at radius 3 is 2.50 bits per heavy atom. The number of aromatic nitrogens is 1. The first-order valence-corrected chi connectivity index (χ1v) is 9.55. The van der Waals surface area contributed by atoms with Crippen molar-refractivity contribution in [3.05, 3.63) is 45.5 Å². The first kappa shape index (κ1) is 15.9. The molecule has 0 amide bonds. The number of unbranched alkanes of at least 4 members (excludes halogenated alkanes) is 5. The van der Waals surface area contributed by atoms with E-state index in [0.717, 1.165) is 0 Å². The van der Waals surface area contributed by atoms with Crippen molar-refractivity contribution < 1.29 is 0 Å². The summed E-state index contributed by atoms with van der Waals surface area (Å²) in [5.41, 5.74) is 3.98. The number of benzene rings is 2. The van der Waals surface area contributed by atoms with Gasteiger partial charge < -0.3 is 4.98 Å². The van der Waals surface area contributed by atoms with Crippen LogP contribution in [0.5, 0.6) is 0 Å².